The van der Waals surface area contributed by atoms with Crippen LogP contribution in [0.3, 0.4) is 0 Å². The lowest BCUT2D eigenvalue weighted by atomic mass is 10.1. The monoisotopic (exact) mass is 224 g/mol. The van der Waals surface area contributed by atoms with Crippen LogP contribution in [0.15, 0.2) is 29.4 Å². The van der Waals surface area contributed by atoms with Gasteiger partial charge < -0.3 is 15.2 Å². The second-order valence-corrected chi connectivity index (χ2v) is 3.01. The molecule has 0 aliphatic rings. The van der Waals surface area contributed by atoms with Crippen LogP contribution >= 0.6 is 0 Å². The van der Waals surface area contributed by atoms with E-state index in [4.69, 9.17) is 13.1 Å². The van der Waals surface area contributed by atoms with Gasteiger partial charge in [-0.05, 0) is 18.1 Å². The molecule has 5 nitrogen and oxygen atoms in total. The third kappa shape index (κ3) is 3.27. The van der Waals surface area contributed by atoms with Crippen LogP contribution in [0.5, 0.6) is 0 Å². The Hall–Kier alpha value is -2.04. The maximum atomic E-state index is 11.0. The molecule has 1 amide bonds. The van der Waals surface area contributed by atoms with E-state index in [1.54, 1.807) is 19.1 Å². The van der Waals surface area contributed by atoms with Crippen LogP contribution in [0, 0.1) is 0 Å². The maximum Gasteiger partial charge on any atom is 0.407 e. The van der Waals surface area contributed by atoms with Gasteiger partial charge in [0.15, 0.2) is 0 Å². The Bertz CT molecular complexity index is 446. The molecule has 0 atom stereocenters. The van der Waals surface area contributed by atoms with Gasteiger partial charge in [0.2, 0.25) is 0 Å². The Balaban J connectivity index is 3.07. The van der Waals surface area contributed by atoms with Crippen molar-refractivity contribution in [3.8, 4) is 0 Å². The first-order valence-corrected chi connectivity index (χ1v) is 4.72. The summed E-state index contributed by atoms with van der Waals surface area (Å²) in [5.41, 5.74) is 0.817. The van der Waals surface area contributed by atoms with Crippen LogP contribution in [0.25, 0.3) is 0 Å². The van der Waals surface area contributed by atoms with Gasteiger partial charge in [0.1, 0.15) is 0 Å². The van der Waals surface area contributed by atoms with Gasteiger partial charge in [0.25, 0.3) is 0 Å². The molecule has 0 fully saturated rings. The van der Waals surface area contributed by atoms with Gasteiger partial charge in [-0.2, -0.15) is 0 Å². The van der Waals surface area contributed by atoms with E-state index in [1.807, 2.05) is 0 Å². The summed E-state index contributed by atoms with van der Waals surface area (Å²) in [4.78, 5) is 11.7. The predicted molar refractivity (Wildman–Crippen MR) is 59.9 cm³/mol. The summed E-state index contributed by atoms with van der Waals surface area (Å²) >= 11 is 0. The average molecular weight is 224 g/mol. The highest BCUT2D eigenvalue weighted by atomic mass is 16.4. The maximum absolute atomic E-state index is 11.0. The van der Waals surface area contributed by atoms with Crippen molar-refractivity contribution < 1.29 is 17.8 Å². The van der Waals surface area contributed by atoms with Crippen molar-refractivity contribution in [2.24, 2.45) is 5.16 Å². The normalized spacial score (nSPS) is 13.3. The summed E-state index contributed by atoms with van der Waals surface area (Å²) in [6.45, 7) is -0.490. The molecule has 0 saturated carbocycles. The Labute approximate surface area is 96.4 Å². The van der Waals surface area contributed by atoms with Crippen LogP contribution in [-0.4, -0.2) is 34.1 Å². The van der Waals surface area contributed by atoms with Crippen LogP contribution in [0.4, 0.5) is 4.79 Å². The predicted octanol–water partition coefficient (Wildman–Crippen LogP) is 1.99. The third-order valence-electron chi connectivity index (χ3n) is 1.93. The van der Waals surface area contributed by atoms with Gasteiger partial charge in [0, 0.05) is 13.0 Å². The lowest BCUT2D eigenvalue weighted by molar-refractivity contribution is 0.145. The van der Waals surface area contributed by atoms with Crippen molar-refractivity contribution in [3.63, 3.8) is 0 Å². The smallest absolute Gasteiger partial charge is 0.407 e. The average Bonchev–Trinajstić information content (AvgIpc) is 2.30. The molecule has 0 saturated heterocycles. The topological polar surface area (TPSA) is 73.1 Å². The van der Waals surface area contributed by atoms with Crippen LogP contribution in [0.1, 0.15) is 20.8 Å². The molecular formula is C11H14N2O3. The molecule has 0 aliphatic carbocycles. The summed E-state index contributed by atoms with van der Waals surface area (Å²) in [6, 6.07) is 6.01. The Morgan fingerprint density at radius 2 is 2.19 bits per heavy atom. The molecule has 1 aromatic rings. The molecule has 0 radical (unpaired) electrons. The van der Waals surface area contributed by atoms with Crippen molar-refractivity contribution in [3.05, 3.63) is 35.4 Å². The highest BCUT2D eigenvalue weighted by Crippen LogP contribution is 2.06. The van der Waals surface area contributed by atoms with Crippen LogP contribution in [-0.2, 0) is 6.50 Å². The van der Waals surface area contributed by atoms with Crippen molar-refractivity contribution >= 4 is 12.3 Å². The number of rotatable bonds is 4. The van der Waals surface area contributed by atoms with E-state index < -0.39 is 12.6 Å². The molecule has 0 bridgehead atoms. The lowest BCUT2D eigenvalue weighted by Gasteiger charge is -2.16. The molecule has 0 spiro atoms. The van der Waals surface area contributed by atoms with Crippen molar-refractivity contribution in [1.29, 1.82) is 0 Å². The Morgan fingerprint density at radius 3 is 2.62 bits per heavy atom. The van der Waals surface area contributed by atoms with Gasteiger partial charge in [-0.25, -0.2) is 4.79 Å². The van der Waals surface area contributed by atoms with E-state index in [0.29, 0.717) is 10.5 Å². The highest BCUT2D eigenvalue weighted by Gasteiger charge is 2.08. The number of carbonyl (C=O) groups is 1. The Morgan fingerprint density at radius 1 is 1.56 bits per heavy atom. The summed E-state index contributed by atoms with van der Waals surface area (Å²) in [6.07, 6.45) is -0.114. The van der Waals surface area contributed by atoms with Crippen LogP contribution in [0.2, 0.25) is 0 Å². The zero-order valence-electron chi connectivity index (χ0n) is 10.8. The van der Waals surface area contributed by atoms with Gasteiger partial charge in [-0.1, -0.05) is 29.4 Å². The fourth-order valence-corrected chi connectivity index (χ4v) is 1.13. The molecular weight excluding hydrogens is 208 g/mol. The summed E-state index contributed by atoms with van der Waals surface area (Å²) in [5.74, 6) is 0. The van der Waals surface area contributed by atoms with Gasteiger partial charge in [-0.15, -0.1) is 0 Å². The van der Waals surface area contributed by atoms with Crippen molar-refractivity contribution in [2.75, 3.05) is 6.54 Å². The third-order valence-corrected chi connectivity index (χ3v) is 1.93. The quantitative estimate of drug-likeness (QED) is 0.466. The second kappa shape index (κ2) is 5.75. The van der Waals surface area contributed by atoms with Gasteiger partial charge in [-0.3, -0.25) is 0 Å². The summed E-state index contributed by atoms with van der Waals surface area (Å²) in [7, 11) is 0. The number of hydrogen-bond acceptors (Lipinski definition) is 3. The number of carboxylic acid groups (broad SMARTS) is 1. The van der Waals surface area contributed by atoms with Crippen LogP contribution < -0.4 is 0 Å². The molecule has 16 heavy (non-hydrogen) atoms. The minimum atomic E-state index is -2.10. The fourth-order valence-electron chi connectivity index (χ4n) is 1.13. The summed E-state index contributed by atoms with van der Waals surface area (Å²) in [5, 5.41) is 20.2. The summed E-state index contributed by atoms with van der Waals surface area (Å²) < 4.78 is 15.7. The van der Waals surface area contributed by atoms with E-state index in [-0.39, 0.29) is 12.1 Å². The van der Waals surface area contributed by atoms with Gasteiger partial charge >= 0.3 is 6.09 Å². The molecule has 0 aliphatic heterocycles. The SMILES string of the molecule is [2H]C([2H])(c1ccc(/C=N\O)cc1)N(CC)C(=O)O. The molecule has 0 aromatic heterocycles. The zero-order valence-corrected chi connectivity index (χ0v) is 8.79. The number of nitrogens with zero attached hydrogens (tertiary/aromatic N) is 2. The molecule has 0 heterocycles. The van der Waals surface area contributed by atoms with E-state index in [2.05, 4.69) is 5.16 Å². The highest BCUT2D eigenvalue weighted by molar-refractivity contribution is 5.78. The standard InChI is InChI=1S/C11H14N2O3/c1-2-13(11(14)15)8-10-5-3-9(4-6-10)7-12-16/h3-7,16H,2,8H2,1H3,(H,14,15)/b12-7-/i8D2. The van der Waals surface area contributed by atoms with E-state index in [0.717, 1.165) is 0 Å². The molecule has 0 unspecified atom stereocenters. The number of oxime groups is 1. The number of hydrogen-bond donors (Lipinski definition) is 2. The van der Waals surface area contributed by atoms with Crippen molar-refractivity contribution in [1.82, 2.24) is 4.90 Å². The van der Waals surface area contributed by atoms with Crippen molar-refractivity contribution in [2.45, 2.75) is 13.4 Å². The van der Waals surface area contributed by atoms with Gasteiger partial charge in [0.05, 0.1) is 8.96 Å². The molecule has 5 heteroatoms. The first-order valence-electron chi connectivity index (χ1n) is 5.72. The number of benzene rings is 1. The van der Waals surface area contributed by atoms with E-state index in [1.165, 1.54) is 18.3 Å². The largest absolute Gasteiger partial charge is 0.465 e. The zero-order chi connectivity index (χ0) is 13.8. The first-order chi connectivity index (χ1) is 8.43. The molecule has 1 rings (SSSR count). The first kappa shape index (κ1) is 9.21. The second-order valence-electron chi connectivity index (χ2n) is 3.01. The van der Waals surface area contributed by atoms with E-state index >= 15 is 0 Å². The minimum Gasteiger partial charge on any atom is -0.465 e. The fraction of sp³-hybridized carbons (Fsp3) is 0.273. The molecule has 1 aromatic carbocycles. The van der Waals surface area contributed by atoms with E-state index in [9.17, 15) is 4.79 Å². The lowest BCUT2D eigenvalue weighted by Crippen LogP contribution is -2.28. The minimum absolute atomic E-state index is 0.0438. The molecule has 2 N–H and O–H groups in total. The number of amides is 1. The Kier molecular flexibility index (Phi) is 3.31. The molecule has 86 valence electrons.